The number of methoxy groups -OCH3 is 1. The summed E-state index contributed by atoms with van der Waals surface area (Å²) in [7, 11) is 5.09. The Kier molecular flexibility index (Phi) is 11.6. The Morgan fingerprint density at radius 3 is 2.50 bits per heavy atom. The van der Waals surface area contributed by atoms with Crippen LogP contribution < -0.4 is 15.4 Å². The molecule has 30 heavy (non-hydrogen) atoms. The van der Waals surface area contributed by atoms with Crippen molar-refractivity contribution in [3.8, 4) is 5.75 Å². The fourth-order valence-corrected chi connectivity index (χ4v) is 2.82. The lowest BCUT2D eigenvalue weighted by molar-refractivity contribution is -0.127. The lowest BCUT2D eigenvalue weighted by atomic mass is 10.1. The van der Waals surface area contributed by atoms with Crippen molar-refractivity contribution in [1.82, 2.24) is 15.5 Å². The fourth-order valence-electron chi connectivity index (χ4n) is 2.62. The van der Waals surface area contributed by atoms with Gasteiger partial charge >= 0.3 is 0 Å². The molecule has 0 aliphatic heterocycles. The van der Waals surface area contributed by atoms with Crippen molar-refractivity contribution in [1.29, 1.82) is 0 Å². The lowest BCUT2D eigenvalue weighted by Gasteiger charge is -2.19. The van der Waals surface area contributed by atoms with Crippen LogP contribution in [-0.2, 0) is 11.2 Å². The van der Waals surface area contributed by atoms with Crippen LogP contribution >= 0.6 is 35.6 Å². The second kappa shape index (κ2) is 13.3. The summed E-state index contributed by atoms with van der Waals surface area (Å²) in [6.45, 7) is 2.78. The summed E-state index contributed by atoms with van der Waals surface area (Å²) in [6, 6.07) is 15.6. The number of aliphatic imine (C=N–C) groups is 1. The van der Waals surface area contributed by atoms with E-state index in [1.165, 1.54) is 10.5 Å². The minimum atomic E-state index is -0.0586. The number of carbonyl (C=O) groups excluding carboxylic acids is 1. The summed E-state index contributed by atoms with van der Waals surface area (Å²) in [4.78, 5) is 17.9. The van der Waals surface area contributed by atoms with Crippen molar-refractivity contribution in [3.63, 3.8) is 0 Å². The Morgan fingerprint density at radius 1 is 1.20 bits per heavy atom. The minimum absolute atomic E-state index is 0. The van der Waals surface area contributed by atoms with Gasteiger partial charge in [0.05, 0.1) is 13.2 Å². The predicted molar refractivity (Wildman–Crippen MR) is 134 cm³/mol. The lowest BCUT2D eigenvalue weighted by Crippen LogP contribution is -2.40. The summed E-state index contributed by atoms with van der Waals surface area (Å²) in [5.41, 5.74) is 2.23. The topological polar surface area (TPSA) is 66.0 Å². The van der Waals surface area contributed by atoms with E-state index in [9.17, 15) is 4.79 Å². The molecular weight excluding hydrogens is 515 g/mol. The molecule has 1 amide bonds. The Morgan fingerprint density at radius 2 is 1.90 bits per heavy atom. The first-order chi connectivity index (χ1) is 13.9. The van der Waals surface area contributed by atoms with Crippen molar-refractivity contribution in [2.24, 2.45) is 4.99 Å². The monoisotopic (exact) mass is 544 g/mol. The van der Waals surface area contributed by atoms with Crippen molar-refractivity contribution < 1.29 is 9.53 Å². The normalized spacial score (nSPS) is 11.8. The SMILES string of the molecule is COc1ccc(CCNC(=NCC(=O)N(C)C)NC(C)c2cccc(Cl)c2)cc1.I. The zero-order chi connectivity index (χ0) is 21.2. The maximum absolute atomic E-state index is 11.9. The van der Waals surface area contributed by atoms with E-state index in [0.29, 0.717) is 17.5 Å². The number of amides is 1. The van der Waals surface area contributed by atoms with Gasteiger partial charge in [-0.1, -0.05) is 35.9 Å². The molecule has 2 N–H and O–H groups in total. The predicted octanol–water partition coefficient (Wildman–Crippen LogP) is 3.89. The number of ether oxygens (including phenoxy) is 1. The smallest absolute Gasteiger partial charge is 0.243 e. The Bertz CT molecular complexity index is 828. The summed E-state index contributed by atoms with van der Waals surface area (Å²) in [5, 5.41) is 7.34. The van der Waals surface area contributed by atoms with Gasteiger partial charge in [-0.25, -0.2) is 4.99 Å². The number of rotatable bonds is 8. The van der Waals surface area contributed by atoms with Crippen LogP contribution in [0.15, 0.2) is 53.5 Å². The maximum atomic E-state index is 11.9. The molecule has 0 heterocycles. The van der Waals surface area contributed by atoms with E-state index in [4.69, 9.17) is 16.3 Å². The van der Waals surface area contributed by atoms with Crippen LogP contribution in [0.3, 0.4) is 0 Å². The van der Waals surface area contributed by atoms with Gasteiger partial charge in [0.2, 0.25) is 5.91 Å². The Hall–Kier alpha value is -2.00. The van der Waals surface area contributed by atoms with Gasteiger partial charge in [-0.15, -0.1) is 24.0 Å². The van der Waals surface area contributed by atoms with Gasteiger partial charge in [-0.05, 0) is 48.7 Å². The number of halogens is 2. The average molecular weight is 545 g/mol. The van der Waals surface area contributed by atoms with Crippen LogP contribution in [0.25, 0.3) is 0 Å². The van der Waals surface area contributed by atoms with E-state index in [1.807, 2.05) is 55.5 Å². The van der Waals surface area contributed by atoms with Gasteiger partial charge in [0, 0.05) is 25.7 Å². The third-order valence-electron chi connectivity index (χ3n) is 4.44. The number of benzene rings is 2. The molecule has 0 saturated heterocycles. The van der Waals surface area contributed by atoms with E-state index in [1.54, 1.807) is 21.2 Å². The van der Waals surface area contributed by atoms with Gasteiger partial charge < -0.3 is 20.3 Å². The second-order valence-electron chi connectivity index (χ2n) is 6.90. The molecule has 0 radical (unpaired) electrons. The van der Waals surface area contributed by atoms with Crippen LogP contribution in [0.5, 0.6) is 5.75 Å². The average Bonchev–Trinajstić information content (AvgIpc) is 2.71. The number of hydrogen-bond donors (Lipinski definition) is 2. The number of nitrogens with one attached hydrogen (secondary N) is 2. The number of carbonyl (C=O) groups is 1. The van der Waals surface area contributed by atoms with Gasteiger partial charge in [0.1, 0.15) is 12.3 Å². The van der Waals surface area contributed by atoms with Gasteiger partial charge in [0.15, 0.2) is 5.96 Å². The largest absolute Gasteiger partial charge is 0.497 e. The molecule has 2 aromatic rings. The van der Waals surface area contributed by atoms with Crippen LogP contribution in [0, 0.1) is 0 Å². The molecule has 0 spiro atoms. The van der Waals surface area contributed by atoms with Crippen LogP contribution in [0.1, 0.15) is 24.1 Å². The first kappa shape index (κ1) is 26.0. The molecule has 0 aliphatic carbocycles. The molecule has 1 unspecified atom stereocenters. The quantitative estimate of drug-likeness (QED) is 0.301. The molecule has 2 rings (SSSR count). The minimum Gasteiger partial charge on any atom is -0.497 e. The third-order valence-corrected chi connectivity index (χ3v) is 4.67. The molecule has 164 valence electrons. The highest BCUT2D eigenvalue weighted by Gasteiger charge is 2.10. The maximum Gasteiger partial charge on any atom is 0.243 e. The van der Waals surface area contributed by atoms with E-state index >= 15 is 0 Å². The molecule has 0 saturated carbocycles. The first-order valence-corrected chi connectivity index (χ1v) is 9.90. The highest BCUT2D eigenvalue weighted by molar-refractivity contribution is 14.0. The standard InChI is InChI=1S/C22H29ClN4O2.HI/c1-16(18-6-5-7-19(23)14-18)26-22(25-15-21(28)27(2)3)24-13-12-17-8-10-20(29-4)11-9-17;/h5-11,14,16H,12-13,15H2,1-4H3,(H2,24,25,26);1H. The number of hydrogen-bond acceptors (Lipinski definition) is 3. The number of nitrogens with zero attached hydrogens (tertiary/aromatic N) is 2. The van der Waals surface area contributed by atoms with Gasteiger partial charge in [-0.3, -0.25) is 4.79 Å². The van der Waals surface area contributed by atoms with Crippen LogP contribution in [-0.4, -0.2) is 51.1 Å². The number of guanidine groups is 1. The fraction of sp³-hybridized carbons (Fsp3) is 0.364. The van der Waals surface area contributed by atoms with E-state index in [0.717, 1.165) is 17.7 Å². The molecule has 2 aromatic carbocycles. The summed E-state index contributed by atoms with van der Waals surface area (Å²) < 4.78 is 5.19. The molecule has 0 bridgehead atoms. The molecular formula is C22H30ClIN4O2. The summed E-state index contributed by atoms with van der Waals surface area (Å²) >= 11 is 6.10. The zero-order valence-electron chi connectivity index (χ0n) is 17.8. The van der Waals surface area contributed by atoms with Crippen molar-refractivity contribution >= 4 is 47.4 Å². The van der Waals surface area contributed by atoms with E-state index < -0.39 is 0 Å². The van der Waals surface area contributed by atoms with Crippen molar-refractivity contribution in [2.45, 2.75) is 19.4 Å². The van der Waals surface area contributed by atoms with Crippen LogP contribution in [0.4, 0.5) is 0 Å². The van der Waals surface area contributed by atoms with Crippen molar-refractivity contribution in [2.75, 3.05) is 34.3 Å². The molecule has 8 heteroatoms. The van der Waals surface area contributed by atoms with E-state index in [2.05, 4.69) is 15.6 Å². The summed E-state index contributed by atoms with van der Waals surface area (Å²) in [5.74, 6) is 1.36. The van der Waals surface area contributed by atoms with Gasteiger partial charge in [-0.2, -0.15) is 0 Å². The highest BCUT2D eigenvalue weighted by atomic mass is 127. The highest BCUT2D eigenvalue weighted by Crippen LogP contribution is 2.17. The zero-order valence-corrected chi connectivity index (χ0v) is 20.9. The van der Waals surface area contributed by atoms with Gasteiger partial charge in [0.25, 0.3) is 0 Å². The number of likely N-dealkylation sites (N-methyl/N-ethyl adjacent to an activating group) is 1. The molecule has 1 atom stereocenters. The molecule has 6 nitrogen and oxygen atoms in total. The Labute approximate surface area is 201 Å². The molecule has 0 fully saturated rings. The first-order valence-electron chi connectivity index (χ1n) is 9.52. The van der Waals surface area contributed by atoms with E-state index in [-0.39, 0.29) is 42.5 Å². The molecule has 0 aromatic heterocycles. The molecule has 0 aliphatic rings. The second-order valence-corrected chi connectivity index (χ2v) is 7.34. The van der Waals surface area contributed by atoms with Crippen molar-refractivity contribution in [3.05, 3.63) is 64.7 Å². The van der Waals surface area contributed by atoms with Crippen LogP contribution in [0.2, 0.25) is 5.02 Å². The third kappa shape index (κ3) is 8.79. The summed E-state index contributed by atoms with van der Waals surface area (Å²) in [6.07, 6.45) is 0.817. The Balaban J connectivity index is 0.00000450.